The summed E-state index contributed by atoms with van der Waals surface area (Å²) in [6.07, 6.45) is 1.13. The molecule has 1 aliphatic rings. The van der Waals surface area contributed by atoms with E-state index in [9.17, 15) is 0 Å². The van der Waals surface area contributed by atoms with Gasteiger partial charge in [-0.3, -0.25) is 4.90 Å². The molecule has 108 valence electrons. The van der Waals surface area contributed by atoms with E-state index in [-0.39, 0.29) is 0 Å². The average Bonchev–Trinajstić information content (AvgIpc) is 2.34. The Morgan fingerprint density at radius 2 is 1.83 bits per heavy atom. The third-order valence-electron chi connectivity index (χ3n) is 4.30. The highest BCUT2D eigenvalue weighted by atomic mass is 16.5. The van der Waals surface area contributed by atoms with E-state index < -0.39 is 0 Å². The Balaban J connectivity index is 2.65. The molecule has 1 fully saturated rings. The average molecular weight is 256 g/mol. The molecule has 1 rings (SSSR count). The summed E-state index contributed by atoms with van der Waals surface area (Å²) in [5.41, 5.74) is 0. The quantitative estimate of drug-likeness (QED) is 0.789. The number of hydrogen-bond donors (Lipinski definition) is 1. The van der Waals surface area contributed by atoms with Crippen LogP contribution in [0.3, 0.4) is 0 Å². The third kappa shape index (κ3) is 4.22. The number of methoxy groups -OCH3 is 1. The van der Waals surface area contributed by atoms with E-state index in [0.717, 1.165) is 19.6 Å². The van der Waals surface area contributed by atoms with Crippen LogP contribution >= 0.6 is 0 Å². The van der Waals surface area contributed by atoms with Gasteiger partial charge in [-0.2, -0.15) is 0 Å². The summed E-state index contributed by atoms with van der Waals surface area (Å²) >= 11 is 0. The van der Waals surface area contributed by atoms with E-state index in [1.54, 1.807) is 7.11 Å². The molecule has 3 heteroatoms. The summed E-state index contributed by atoms with van der Waals surface area (Å²) in [5.74, 6) is 1.41. The number of ether oxygens (including phenoxy) is 1. The van der Waals surface area contributed by atoms with Crippen LogP contribution in [0.1, 0.15) is 41.0 Å². The van der Waals surface area contributed by atoms with Gasteiger partial charge in [0.05, 0.1) is 0 Å². The molecule has 0 aromatic heterocycles. The second-order valence-electron chi connectivity index (χ2n) is 6.40. The van der Waals surface area contributed by atoms with E-state index in [1.165, 1.54) is 6.54 Å². The molecule has 1 N–H and O–H groups in total. The molecular formula is C15H32N2O. The van der Waals surface area contributed by atoms with Crippen LogP contribution in [0, 0.1) is 11.8 Å². The monoisotopic (exact) mass is 256 g/mol. The van der Waals surface area contributed by atoms with Gasteiger partial charge in [0, 0.05) is 44.9 Å². The fourth-order valence-corrected chi connectivity index (χ4v) is 2.84. The number of rotatable bonds is 6. The van der Waals surface area contributed by atoms with Crippen molar-refractivity contribution < 1.29 is 4.74 Å². The molecule has 0 amide bonds. The predicted octanol–water partition coefficient (Wildman–Crippen LogP) is 2.37. The van der Waals surface area contributed by atoms with Crippen molar-refractivity contribution in [1.82, 2.24) is 10.2 Å². The highest BCUT2D eigenvalue weighted by Crippen LogP contribution is 2.22. The van der Waals surface area contributed by atoms with E-state index in [1.807, 2.05) is 0 Å². The fourth-order valence-electron chi connectivity index (χ4n) is 2.84. The normalized spacial score (nSPS) is 28.0. The molecule has 0 aliphatic carbocycles. The molecule has 3 atom stereocenters. The minimum Gasteiger partial charge on any atom is -0.385 e. The van der Waals surface area contributed by atoms with Crippen molar-refractivity contribution in [2.45, 2.75) is 59.2 Å². The second-order valence-corrected chi connectivity index (χ2v) is 6.40. The lowest BCUT2D eigenvalue weighted by Gasteiger charge is -2.46. The summed E-state index contributed by atoms with van der Waals surface area (Å²) < 4.78 is 5.23. The van der Waals surface area contributed by atoms with Gasteiger partial charge in [-0.1, -0.05) is 27.7 Å². The molecule has 0 aromatic carbocycles. The predicted molar refractivity (Wildman–Crippen MR) is 77.9 cm³/mol. The molecule has 18 heavy (non-hydrogen) atoms. The van der Waals surface area contributed by atoms with Crippen LogP contribution in [-0.4, -0.2) is 49.8 Å². The van der Waals surface area contributed by atoms with Gasteiger partial charge in [0.2, 0.25) is 0 Å². The maximum atomic E-state index is 5.23. The molecular weight excluding hydrogens is 224 g/mol. The van der Waals surface area contributed by atoms with E-state index in [4.69, 9.17) is 4.74 Å². The molecule has 3 nitrogen and oxygen atoms in total. The lowest BCUT2D eigenvalue weighted by atomic mass is 9.92. The summed E-state index contributed by atoms with van der Waals surface area (Å²) in [6, 6.07) is 1.90. The first-order chi connectivity index (χ1) is 8.47. The van der Waals surface area contributed by atoms with Crippen LogP contribution in [0.25, 0.3) is 0 Å². The standard InChI is InChI=1S/C15H32N2O/c1-11(2)14-10-17(13(5)7-8-18-6)15(9-16-14)12(3)4/h11-16H,7-10H2,1-6H3. The lowest BCUT2D eigenvalue weighted by molar-refractivity contribution is 0.0381. The van der Waals surface area contributed by atoms with Gasteiger partial charge < -0.3 is 10.1 Å². The maximum absolute atomic E-state index is 5.23. The van der Waals surface area contributed by atoms with Crippen molar-refractivity contribution in [2.75, 3.05) is 26.8 Å². The summed E-state index contributed by atoms with van der Waals surface area (Å²) in [4.78, 5) is 2.70. The van der Waals surface area contributed by atoms with Crippen molar-refractivity contribution in [2.24, 2.45) is 11.8 Å². The SMILES string of the molecule is COCCC(C)N1CC(C(C)C)NCC1C(C)C. The third-order valence-corrected chi connectivity index (χ3v) is 4.30. The Kier molecular flexibility index (Phi) is 6.61. The second kappa shape index (κ2) is 7.46. The Labute approximate surface area is 113 Å². The number of nitrogens with zero attached hydrogens (tertiary/aromatic N) is 1. The smallest absolute Gasteiger partial charge is 0.0477 e. The first-order valence-electron chi connectivity index (χ1n) is 7.45. The van der Waals surface area contributed by atoms with Gasteiger partial charge in [0.25, 0.3) is 0 Å². The summed E-state index contributed by atoms with van der Waals surface area (Å²) in [7, 11) is 1.79. The Morgan fingerprint density at radius 3 is 2.33 bits per heavy atom. The van der Waals surface area contributed by atoms with Gasteiger partial charge in [0.15, 0.2) is 0 Å². The van der Waals surface area contributed by atoms with Gasteiger partial charge in [-0.15, -0.1) is 0 Å². The summed E-state index contributed by atoms with van der Waals surface area (Å²) in [6.45, 7) is 14.8. The Bertz CT molecular complexity index is 231. The molecule has 0 bridgehead atoms. The Morgan fingerprint density at radius 1 is 1.17 bits per heavy atom. The molecule has 3 unspecified atom stereocenters. The Hall–Kier alpha value is -0.120. The van der Waals surface area contributed by atoms with Gasteiger partial charge in [0.1, 0.15) is 0 Å². The largest absolute Gasteiger partial charge is 0.385 e. The highest BCUT2D eigenvalue weighted by molar-refractivity contribution is 4.91. The van der Waals surface area contributed by atoms with Gasteiger partial charge in [-0.05, 0) is 25.2 Å². The van der Waals surface area contributed by atoms with Crippen LogP contribution in [0.15, 0.2) is 0 Å². The van der Waals surface area contributed by atoms with Crippen LogP contribution < -0.4 is 5.32 Å². The molecule has 1 aliphatic heterocycles. The molecule has 0 radical (unpaired) electrons. The summed E-state index contributed by atoms with van der Waals surface area (Å²) in [5, 5.41) is 3.72. The minimum absolute atomic E-state index is 0.612. The van der Waals surface area contributed by atoms with E-state index >= 15 is 0 Å². The minimum atomic E-state index is 0.612. The highest BCUT2D eigenvalue weighted by Gasteiger charge is 2.33. The van der Waals surface area contributed by atoms with Crippen molar-refractivity contribution in [1.29, 1.82) is 0 Å². The molecule has 1 saturated heterocycles. The fraction of sp³-hybridized carbons (Fsp3) is 1.00. The molecule has 1 heterocycles. The number of nitrogens with one attached hydrogen (secondary N) is 1. The molecule has 0 saturated carbocycles. The van der Waals surface area contributed by atoms with Crippen molar-refractivity contribution in [3.8, 4) is 0 Å². The van der Waals surface area contributed by atoms with Crippen molar-refractivity contribution in [3.05, 3.63) is 0 Å². The number of hydrogen-bond acceptors (Lipinski definition) is 3. The molecule has 0 aromatic rings. The maximum Gasteiger partial charge on any atom is 0.0477 e. The lowest BCUT2D eigenvalue weighted by Crippen LogP contribution is -2.61. The van der Waals surface area contributed by atoms with Crippen LogP contribution in [-0.2, 0) is 4.74 Å². The van der Waals surface area contributed by atoms with Gasteiger partial charge >= 0.3 is 0 Å². The van der Waals surface area contributed by atoms with Crippen molar-refractivity contribution >= 4 is 0 Å². The zero-order valence-corrected chi connectivity index (χ0v) is 13.1. The topological polar surface area (TPSA) is 24.5 Å². The van der Waals surface area contributed by atoms with Crippen LogP contribution in [0.2, 0.25) is 0 Å². The first-order valence-corrected chi connectivity index (χ1v) is 7.45. The van der Waals surface area contributed by atoms with E-state index in [0.29, 0.717) is 30.0 Å². The molecule has 0 spiro atoms. The van der Waals surface area contributed by atoms with Crippen molar-refractivity contribution in [3.63, 3.8) is 0 Å². The zero-order valence-electron chi connectivity index (χ0n) is 13.1. The van der Waals surface area contributed by atoms with Crippen LogP contribution in [0.4, 0.5) is 0 Å². The van der Waals surface area contributed by atoms with Crippen LogP contribution in [0.5, 0.6) is 0 Å². The number of piperazine rings is 1. The zero-order chi connectivity index (χ0) is 13.7. The first kappa shape index (κ1) is 15.9. The van der Waals surface area contributed by atoms with E-state index in [2.05, 4.69) is 44.8 Å². The van der Waals surface area contributed by atoms with Gasteiger partial charge in [-0.25, -0.2) is 0 Å².